The maximum absolute atomic E-state index is 12.3. The Morgan fingerprint density at radius 2 is 1.38 bits per heavy atom. The lowest BCUT2D eigenvalue weighted by Crippen LogP contribution is -2.22. The van der Waals surface area contributed by atoms with Gasteiger partial charge in [-0.3, -0.25) is 4.79 Å². The van der Waals surface area contributed by atoms with E-state index in [0.717, 1.165) is 19.3 Å². The Morgan fingerprint density at radius 1 is 0.917 bits per heavy atom. The first kappa shape index (κ1) is 23.2. The number of halogens is 3. The molecule has 0 amide bonds. The lowest BCUT2D eigenvalue weighted by molar-refractivity contribution is -0.155. The van der Waals surface area contributed by atoms with Gasteiger partial charge < -0.3 is 0 Å². The molecule has 1 atom stereocenters. The van der Waals surface area contributed by atoms with Gasteiger partial charge in [0.2, 0.25) is 0 Å². The Bertz CT molecular complexity index is 323. The summed E-state index contributed by atoms with van der Waals surface area (Å²) in [7, 11) is 0. The highest BCUT2D eigenvalue weighted by Gasteiger charge is 2.33. The van der Waals surface area contributed by atoms with Gasteiger partial charge in [-0.1, -0.05) is 83.6 Å². The summed E-state index contributed by atoms with van der Waals surface area (Å²) >= 11 is 0. The molecular weight excluding hydrogens is 313 g/mol. The molecule has 0 saturated heterocycles. The second-order valence-electron chi connectivity index (χ2n) is 6.80. The molecule has 0 aliphatic carbocycles. The van der Waals surface area contributed by atoms with Crippen LogP contribution in [0.4, 0.5) is 13.2 Å². The van der Waals surface area contributed by atoms with Crippen LogP contribution >= 0.6 is 0 Å². The third-order valence-corrected chi connectivity index (χ3v) is 4.44. The van der Waals surface area contributed by atoms with Crippen molar-refractivity contribution in [2.24, 2.45) is 5.92 Å². The largest absolute Gasteiger partial charge is 0.395 e. The fourth-order valence-electron chi connectivity index (χ4n) is 3.01. The average Bonchev–Trinajstić information content (AvgIpc) is 2.49. The number of hydrogen-bond acceptors (Lipinski definition) is 1. The van der Waals surface area contributed by atoms with Crippen LogP contribution in [0.5, 0.6) is 0 Å². The van der Waals surface area contributed by atoms with Gasteiger partial charge in [0.1, 0.15) is 12.2 Å². The molecule has 0 fully saturated rings. The van der Waals surface area contributed by atoms with E-state index in [1.807, 2.05) is 0 Å². The smallest absolute Gasteiger partial charge is 0.299 e. The molecule has 0 aromatic heterocycles. The van der Waals surface area contributed by atoms with Gasteiger partial charge in [-0.2, -0.15) is 13.2 Å². The number of rotatable bonds is 16. The van der Waals surface area contributed by atoms with E-state index >= 15 is 0 Å². The van der Waals surface area contributed by atoms with Gasteiger partial charge in [-0.15, -0.1) is 6.58 Å². The SMILES string of the molecule is C=CCC(CCCCCCCCCCCCC)C(=O)CC(F)(F)F. The fourth-order valence-corrected chi connectivity index (χ4v) is 3.01. The Labute approximate surface area is 146 Å². The average molecular weight is 348 g/mol. The molecule has 24 heavy (non-hydrogen) atoms. The topological polar surface area (TPSA) is 17.1 Å². The first-order valence-corrected chi connectivity index (χ1v) is 9.61. The summed E-state index contributed by atoms with van der Waals surface area (Å²) < 4.78 is 37.0. The lowest BCUT2D eigenvalue weighted by Gasteiger charge is -2.15. The molecule has 0 heterocycles. The van der Waals surface area contributed by atoms with Gasteiger partial charge >= 0.3 is 6.18 Å². The quantitative estimate of drug-likeness (QED) is 0.210. The molecule has 0 N–H and O–H groups in total. The normalized spacial score (nSPS) is 13.0. The number of allylic oxidation sites excluding steroid dienone is 1. The Morgan fingerprint density at radius 3 is 1.79 bits per heavy atom. The van der Waals surface area contributed by atoms with Gasteiger partial charge in [0.25, 0.3) is 0 Å². The van der Waals surface area contributed by atoms with Crippen LogP contribution in [0.15, 0.2) is 12.7 Å². The van der Waals surface area contributed by atoms with Crippen LogP contribution < -0.4 is 0 Å². The molecule has 142 valence electrons. The van der Waals surface area contributed by atoms with Gasteiger partial charge in [-0.05, 0) is 12.8 Å². The predicted molar refractivity (Wildman–Crippen MR) is 95.1 cm³/mol. The zero-order chi connectivity index (χ0) is 18.3. The van der Waals surface area contributed by atoms with Crippen LogP contribution in [0.2, 0.25) is 0 Å². The highest BCUT2D eigenvalue weighted by atomic mass is 19.4. The molecule has 0 aliphatic rings. The maximum atomic E-state index is 12.3. The first-order chi connectivity index (χ1) is 11.4. The molecule has 0 radical (unpaired) electrons. The van der Waals surface area contributed by atoms with Crippen molar-refractivity contribution in [3.63, 3.8) is 0 Å². The van der Waals surface area contributed by atoms with E-state index in [2.05, 4.69) is 13.5 Å². The van der Waals surface area contributed by atoms with Gasteiger partial charge in [-0.25, -0.2) is 0 Å². The summed E-state index contributed by atoms with van der Waals surface area (Å²) in [5.41, 5.74) is 0. The third-order valence-electron chi connectivity index (χ3n) is 4.44. The van der Waals surface area contributed by atoms with Crippen molar-refractivity contribution in [2.75, 3.05) is 0 Å². The molecule has 0 aliphatic heterocycles. The Kier molecular flexibility index (Phi) is 14.1. The number of hydrogen-bond donors (Lipinski definition) is 0. The van der Waals surface area contributed by atoms with E-state index < -0.39 is 24.3 Å². The van der Waals surface area contributed by atoms with Gasteiger partial charge in [0.05, 0.1) is 0 Å². The molecule has 0 saturated carbocycles. The number of ketones is 1. The zero-order valence-corrected chi connectivity index (χ0v) is 15.3. The van der Waals surface area contributed by atoms with Crippen LogP contribution in [0.25, 0.3) is 0 Å². The Balaban J connectivity index is 3.67. The van der Waals surface area contributed by atoms with Gasteiger partial charge in [0, 0.05) is 5.92 Å². The number of Topliss-reactive ketones (excluding diaryl/α,β-unsaturated/α-hetero) is 1. The van der Waals surface area contributed by atoms with E-state index in [4.69, 9.17) is 0 Å². The number of unbranched alkanes of at least 4 members (excludes halogenated alkanes) is 10. The highest BCUT2D eigenvalue weighted by Crippen LogP contribution is 2.26. The molecule has 1 unspecified atom stereocenters. The van der Waals surface area contributed by atoms with Crippen molar-refractivity contribution in [1.82, 2.24) is 0 Å². The van der Waals surface area contributed by atoms with Crippen LogP contribution in [-0.4, -0.2) is 12.0 Å². The fraction of sp³-hybridized carbons (Fsp3) is 0.850. The van der Waals surface area contributed by atoms with Crippen molar-refractivity contribution in [3.8, 4) is 0 Å². The summed E-state index contributed by atoms with van der Waals surface area (Å²) in [6, 6.07) is 0. The first-order valence-electron chi connectivity index (χ1n) is 9.61. The molecule has 0 rings (SSSR count). The molecular formula is C20H35F3O. The second kappa shape index (κ2) is 14.5. The maximum Gasteiger partial charge on any atom is 0.395 e. The van der Waals surface area contributed by atoms with E-state index in [1.54, 1.807) is 6.08 Å². The van der Waals surface area contributed by atoms with Crippen molar-refractivity contribution in [2.45, 2.75) is 103 Å². The van der Waals surface area contributed by atoms with Crippen molar-refractivity contribution in [3.05, 3.63) is 12.7 Å². The summed E-state index contributed by atoms with van der Waals surface area (Å²) in [6.07, 6.45) is 10.0. The summed E-state index contributed by atoms with van der Waals surface area (Å²) in [5, 5.41) is 0. The molecule has 0 aromatic carbocycles. The second-order valence-corrected chi connectivity index (χ2v) is 6.80. The predicted octanol–water partition coefficient (Wildman–Crippen LogP) is 7.40. The van der Waals surface area contributed by atoms with Gasteiger partial charge in [0.15, 0.2) is 0 Å². The van der Waals surface area contributed by atoms with E-state index in [1.165, 1.54) is 51.4 Å². The minimum atomic E-state index is -4.40. The molecule has 0 bridgehead atoms. The third kappa shape index (κ3) is 14.8. The highest BCUT2D eigenvalue weighted by molar-refractivity contribution is 5.81. The molecule has 0 spiro atoms. The lowest BCUT2D eigenvalue weighted by atomic mass is 9.91. The molecule has 1 nitrogen and oxygen atoms in total. The molecule has 0 aromatic rings. The summed E-state index contributed by atoms with van der Waals surface area (Å²) in [4.78, 5) is 11.7. The number of carbonyl (C=O) groups is 1. The van der Waals surface area contributed by atoms with Crippen molar-refractivity contribution >= 4 is 5.78 Å². The monoisotopic (exact) mass is 348 g/mol. The summed E-state index contributed by atoms with van der Waals surface area (Å²) in [6.45, 7) is 5.77. The van der Waals surface area contributed by atoms with Crippen molar-refractivity contribution in [1.29, 1.82) is 0 Å². The van der Waals surface area contributed by atoms with E-state index in [0.29, 0.717) is 12.8 Å². The van der Waals surface area contributed by atoms with Crippen LogP contribution in [0.3, 0.4) is 0 Å². The minimum Gasteiger partial charge on any atom is -0.299 e. The van der Waals surface area contributed by atoms with E-state index in [9.17, 15) is 18.0 Å². The number of carbonyl (C=O) groups excluding carboxylic acids is 1. The van der Waals surface area contributed by atoms with Crippen LogP contribution in [0.1, 0.15) is 96.8 Å². The summed E-state index contributed by atoms with van der Waals surface area (Å²) in [5.74, 6) is -1.20. The van der Waals surface area contributed by atoms with E-state index in [-0.39, 0.29) is 0 Å². The van der Waals surface area contributed by atoms with Crippen LogP contribution in [-0.2, 0) is 4.79 Å². The minimum absolute atomic E-state index is 0.354. The standard InChI is InChI=1S/C20H35F3O/c1-3-5-6-7-8-9-10-11-12-13-14-16-18(15-4-2)19(24)17-20(21,22)23/h4,18H,2-3,5-17H2,1H3. The molecule has 4 heteroatoms. The van der Waals surface area contributed by atoms with Crippen molar-refractivity contribution < 1.29 is 18.0 Å². The van der Waals surface area contributed by atoms with Crippen LogP contribution in [0, 0.1) is 5.92 Å². The zero-order valence-electron chi connectivity index (χ0n) is 15.3. The Hall–Kier alpha value is -0.800. The number of alkyl halides is 3.